The minimum Gasteiger partial charge on any atom is -0.344 e. The molecule has 0 spiro atoms. The van der Waals surface area contributed by atoms with Gasteiger partial charge >= 0.3 is 0 Å². The van der Waals surface area contributed by atoms with Gasteiger partial charge in [0.05, 0.1) is 5.52 Å². The molecule has 0 saturated carbocycles. The molecule has 0 radical (unpaired) electrons. The van der Waals surface area contributed by atoms with Crippen molar-refractivity contribution in [3.05, 3.63) is 108 Å². The largest absolute Gasteiger partial charge is 0.344 e. The van der Waals surface area contributed by atoms with Crippen molar-refractivity contribution in [1.29, 1.82) is 0 Å². The molecular weight excluding hydrogens is 362 g/mol. The third kappa shape index (κ3) is 2.63. The molecule has 0 fully saturated rings. The van der Waals surface area contributed by atoms with E-state index in [4.69, 9.17) is 0 Å². The zero-order chi connectivity index (χ0) is 20.1. The second-order valence-electron chi connectivity index (χ2n) is 7.96. The van der Waals surface area contributed by atoms with E-state index in [9.17, 15) is 0 Å². The molecule has 30 heavy (non-hydrogen) atoms. The number of rotatable bonds is 2. The topological polar surface area (TPSA) is 4.93 Å². The smallest absolute Gasteiger partial charge is 0.0562 e. The zero-order valence-corrected chi connectivity index (χ0v) is 16.8. The average Bonchev–Trinajstić information content (AvgIpc) is 3.12. The molecule has 6 rings (SSSR count). The first-order valence-corrected chi connectivity index (χ1v) is 10.3. The Morgan fingerprint density at radius 1 is 0.533 bits per heavy atom. The van der Waals surface area contributed by atoms with E-state index in [1.807, 2.05) is 6.07 Å². The number of hydrogen-bond donors (Lipinski definition) is 0. The van der Waals surface area contributed by atoms with Gasteiger partial charge in [0.25, 0.3) is 0 Å². The molecule has 1 heterocycles. The number of hydrogen-bond acceptors (Lipinski definition) is 0. The SMILES string of the molecule is Cn1c(/C=C/c2ccccc2)cc2ccc3c4cc5ccccc5cc4ccc3c21. The van der Waals surface area contributed by atoms with Gasteiger partial charge in [-0.25, -0.2) is 0 Å². The van der Waals surface area contributed by atoms with Gasteiger partial charge in [-0.2, -0.15) is 0 Å². The summed E-state index contributed by atoms with van der Waals surface area (Å²) < 4.78 is 2.31. The molecule has 142 valence electrons. The lowest BCUT2D eigenvalue weighted by Crippen LogP contribution is -1.91. The van der Waals surface area contributed by atoms with E-state index in [1.54, 1.807) is 0 Å². The molecular formula is C29H21N. The maximum Gasteiger partial charge on any atom is 0.0562 e. The molecule has 0 unspecified atom stereocenters. The van der Waals surface area contributed by atoms with Gasteiger partial charge in [0.1, 0.15) is 0 Å². The maximum absolute atomic E-state index is 2.33. The summed E-state index contributed by atoms with van der Waals surface area (Å²) in [5.41, 5.74) is 3.71. The molecule has 1 heteroatoms. The summed E-state index contributed by atoms with van der Waals surface area (Å²) in [6.45, 7) is 0. The Hall–Kier alpha value is -3.84. The van der Waals surface area contributed by atoms with Crippen LogP contribution in [0.2, 0.25) is 0 Å². The Bertz CT molecular complexity index is 1580. The van der Waals surface area contributed by atoms with E-state index >= 15 is 0 Å². The fourth-order valence-electron chi connectivity index (χ4n) is 4.61. The summed E-state index contributed by atoms with van der Waals surface area (Å²) in [6, 6.07) is 35.0. The summed E-state index contributed by atoms with van der Waals surface area (Å²) in [6.07, 6.45) is 4.38. The maximum atomic E-state index is 2.33. The van der Waals surface area contributed by atoms with Crippen molar-refractivity contribution in [1.82, 2.24) is 4.57 Å². The van der Waals surface area contributed by atoms with Crippen molar-refractivity contribution < 1.29 is 0 Å². The van der Waals surface area contributed by atoms with Gasteiger partial charge in [-0.1, -0.05) is 84.9 Å². The third-order valence-corrected chi connectivity index (χ3v) is 6.16. The highest BCUT2D eigenvalue weighted by Gasteiger charge is 2.10. The number of benzene rings is 5. The van der Waals surface area contributed by atoms with Crippen LogP contribution in [0.3, 0.4) is 0 Å². The number of nitrogens with zero attached hydrogens (tertiary/aromatic N) is 1. The van der Waals surface area contributed by atoms with Crippen molar-refractivity contribution in [2.45, 2.75) is 0 Å². The van der Waals surface area contributed by atoms with E-state index in [2.05, 4.69) is 115 Å². The Morgan fingerprint density at radius 3 is 2.07 bits per heavy atom. The van der Waals surface area contributed by atoms with E-state index in [0.717, 1.165) is 0 Å². The van der Waals surface area contributed by atoms with Crippen LogP contribution in [0.4, 0.5) is 0 Å². The average molecular weight is 383 g/mol. The zero-order valence-electron chi connectivity index (χ0n) is 16.8. The predicted octanol–water partition coefficient (Wildman–Crippen LogP) is 7.81. The molecule has 0 aliphatic rings. The minimum atomic E-state index is 1.21. The lowest BCUT2D eigenvalue weighted by Gasteiger charge is -2.09. The number of fused-ring (bicyclic) bond motifs is 6. The molecule has 1 nitrogen and oxygen atoms in total. The van der Waals surface area contributed by atoms with Crippen molar-refractivity contribution in [2.75, 3.05) is 0 Å². The molecule has 0 saturated heterocycles. The van der Waals surface area contributed by atoms with Gasteiger partial charge in [0.15, 0.2) is 0 Å². The van der Waals surface area contributed by atoms with E-state index < -0.39 is 0 Å². The molecule has 0 aliphatic heterocycles. The van der Waals surface area contributed by atoms with Crippen molar-refractivity contribution >= 4 is 55.4 Å². The van der Waals surface area contributed by atoms with Crippen LogP contribution in [0.1, 0.15) is 11.3 Å². The standard InChI is InChI=1S/C29H21N/c1-30-25(14-11-20-7-3-2-4-8-20)18-24-13-15-26-27(29(24)30)16-12-23-17-21-9-5-6-10-22(21)19-28(23)26/h2-19H,1H3/b14-11+. The van der Waals surface area contributed by atoms with Crippen molar-refractivity contribution in [3.63, 3.8) is 0 Å². The first kappa shape index (κ1) is 17.1. The molecule has 0 amide bonds. The minimum absolute atomic E-state index is 1.21. The summed E-state index contributed by atoms with van der Waals surface area (Å²) in [4.78, 5) is 0. The van der Waals surface area contributed by atoms with Crippen LogP contribution in [0, 0.1) is 0 Å². The lowest BCUT2D eigenvalue weighted by molar-refractivity contribution is 0.959. The first-order chi connectivity index (χ1) is 14.8. The van der Waals surface area contributed by atoms with Gasteiger partial charge < -0.3 is 4.57 Å². The first-order valence-electron chi connectivity index (χ1n) is 10.3. The van der Waals surface area contributed by atoms with Gasteiger partial charge in [0, 0.05) is 23.5 Å². The molecule has 6 aromatic rings. The molecule has 0 aliphatic carbocycles. The predicted molar refractivity (Wildman–Crippen MR) is 131 cm³/mol. The van der Waals surface area contributed by atoms with Crippen LogP contribution < -0.4 is 0 Å². The van der Waals surface area contributed by atoms with Gasteiger partial charge in [-0.3, -0.25) is 0 Å². The van der Waals surface area contributed by atoms with Crippen LogP contribution in [0.5, 0.6) is 0 Å². The highest BCUT2D eigenvalue weighted by molar-refractivity contribution is 6.18. The van der Waals surface area contributed by atoms with Crippen LogP contribution in [-0.4, -0.2) is 4.57 Å². The monoisotopic (exact) mass is 383 g/mol. The van der Waals surface area contributed by atoms with Crippen molar-refractivity contribution in [3.8, 4) is 0 Å². The number of aromatic nitrogens is 1. The summed E-state index contributed by atoms with van der Waals surface area (Å²) in [7, 11) is 2.16. The number of aryl methyl sites for hydroxylation is 1. The highest BCUT2D eigenvalue weighted by Crippen LogP contribution is 2.34. The second-order valence-corrected chi connectivity index (χ2v) is 7.96. The van der Waals surface area contributed by atoms with Gasteiger partial charge in [-0.15, -0.1) is 0 Å². The highest BCUT2D eigenvalue weighted by atomic mass is 14.9. The van der Waals surface area contributed by atoms with Gasteiger partial charge in [0.2, 0.25) is 0 Å². The van der Waals surface area contributed by atoms with Crippen LogP contribution in [0.15, 0.2) is 97.1 Å². The van der Waals surface area contributed by atoms with E-state index in [1.165, 1.54) is 54.5 Å². The molecule has 5 aromatic carbocycles. The second kappa shape index (κ2) is 6.60. The van der Waals surface area contributed by atoms with Gasteiger partial charge in [-0.05, 0) is 56.8 Å². The quantitative estimate of drug-likeness (QED) is 0.212. The Kier molecular flexibility index (Phi) is 3.75. The Morgan fingerprint density at radius 2 is 1.23 bits per heavy atom. The van der Waals surface area contributed by atoms with Crippen LogP contribution in [-0.2, 0) is 7.05 Å². The third-order valence-electron chi connectivity index (χ3n) is 6.16. The normalized spacial score (nSPS) is 12.0. The molecule has 1 aromatic heterocycles. The summed E-state index contributed by atoms with van der Waals surface area (Å²) in [5, 5.41) is 9.07. The summed E-state index contributed by atoms with van der Waals surface area (Å²) in [5.74, 6) is 0. The van der Waals surface area contributed by atoms with E-state index in [0.29, 0.717) is 0 Å². The summed E-state index contributed by atoms with van der Waals surface area (Å²) >= 11 is 0. The Labute approximate surface area is 175 Å². The molecule has 0 atom stereocenters. The fourth-order valence-corrected chi connectivity index (χ4v) is 4.61. The van der Waals surface area contributed by atoms with Crippen molar-refractivity contribution in [2.24, 2.45) is 7.05 Å². The fraction of sp³-hybridized carbons (Fsp3) is 0.0345. The lowest BCUT2D eigenvalue weighted by atomic mass is 9.97. The van der Waals surface area contributed by atoms with Crippen LogP contribution in [0.25, 0.3) is 55.4 Å². The molecule has 0 bridgehead atoms. The Balaban J connectivity index is 1.59. The molecule has 0 N–H and O–H groups in total. The van der Waals surface area contributed by atoms with Crippen LogP contribution >= 0.6 is 0 Å². The van der Waals surface area contributed by atoms with E-state index in [-0.39, 0.29) is 0 Å².